The van der Waals surface area contributed by atoms with Gasteiger partial charge in [0.05, 0.1) is 18.0 Å². The average molecular weight is 696 g/mol. The van der Waals surface area contributed by atoms with E-state index < -0.39 is 0 Å². The molecule has 0 bridgehead atoms. The second-order valence-corrected chi connectivity index (χ2v) is 9.98. The molecule has 4 nitrogen and oxygen atoms in total. The largest absolute Gasteiger partial charge is 0.499 e. The van der Waals surface area contributed by atoms with Crippen LogP contribution in [0.4, 0.5) is 8.78 Å². The first-order chi connectivity index (χ1) is 18.3. The first kappa shape index (κ1) is 26.8. The van der Waals surface area contributed by atoms with Gasteiger partial charge in [0, 0.05) is 43.4 Å². The maximum atomic E-state index is 14.4. The third-order valence-corrected chi connectivity index (χ3v) is 7.03. The fourth-order valence-electron chi connectivity index (χ4n) is 5.13. The van der Waals surface area contributed by atoms with Crippen molar-refractivity contribution in [1.29, 1.82) is 0 Å². The molecule has 0 amide bonds. The Bertz CT molecular complexity index is 1850. The van der Waals surface area contributed by atoms with Gasteiger partial charge in [-0.05, 0) is 35.4 Å². The fraction of sp³-hybridized carbons (Fsp3) is 0.156. The summed E-state index contributed by atoms with van der Waals surface area (Å²) >= 11 is 0. The molecular formula is C32H23F2IrN3O-2. The minimum atomic E-state index is -0.389. The van der Waals surface area contributed by atoms with E-state index in [2.05, 4.69) is 47.0 Å². The summed E-state index contributed by atoms with van der Waals surface area (Å²) in [4.78, 5) is 12.5. The maximum absolute atomic E-state index is 14.4. The van der Waals surface area contributed by atoms with Crippen LogP contribution in [0.5, 0.6) is 0 Å². The van der Waals surface area contributed by atoms with Crippen LogP contribution in [-0.4, -0.2) is 15.0 Å². The molecule has 0 aliphatic heterocycles. The standard InChI is InChI=1S/C16H8FN2O.C16H15FN.Ir/c17-12-8-18-9-14-15(12)11-5-3-4-10(16(11)20-14)13-6-1-2-7-19-13;1-9-5-6-11-12(7-9)16(3,4)13-14(17)10(2)8-18-15(11)13;/h1-3,5-9H;5,7-8H,1-4H3;/q2*-1;. The molecule has 7 rings (SSSR count). The van der Waals surface area contributed by atoms with Gasteiger partial charge in [-0.2, -0.15) is 0 Å². The molecule has 0 saturated carbocycles. The molecular weight excluding hydrogens is 673 g/mol. The normalized spacial score (nSPS) is 12.9. The first-order valence-electron chi connectivity index (χ1n) is 12.2. The van der Waals surface area contributed by atoms with Crippen LogP contribution in [0.1, 0.15) is 36.1 Å². The Balaban J connectivity index is 0.000000155. The van der Waals surface area contributed by atoms with Crippen molar-refractivity contribution in [3.63, 3.8) is 0 Å². The number of hydrogen-bond donors (Lipinski definition) is 0. The molecule has 0 fully saturated rings. The topological polar surface area (TPSA) is 51.8 Å². The smallest absolute Gasteiger partial charge is 0.151 e. The van der Waals surface area contributed by atoms with Crippen molar-refractivity contribution >= 4 is 21.9 Å². The zero-order valence-electron chi connectivity index (χ0n) is 21.7. The van der Waals surface area contributed by atoms with Crippen LogP contribution < -0.4 is 0 Å². The summed E-state index contributed by atoms with van der Waals surface area (Å²) in [7, 11) is 0. The summed E-state index contributed by atoms with van der Waals surface area (Å²) in [5, 5.41) is 1.15. The van der Waals surface area contributed by atoms with E-state index in [4.69, 9.17) is 4.42 Å². The molecule has 0 spiro atoms. The van der Waals surface area contributed by atoms with E-state index in [1.165, 1.54) is 12.4 Å². The third kappa shape index (κ3) is 4.36. The zero-order chi connectivity index (χ0) is 26.6. The number of rotatable bonds is 1. The van der Waals surface area contributed by atoms with Crippen LogP contribution in [0.2, 0.25) is 0 Å². The predicted octanol–water partition coefficient (Wildman–Crippen LogP) is 7.92. The van der Waals surface area contributed by atoms with Gasteiger partial charge in [-0.1, -0.05) is 43.9 Å². The number of pyridine rings is 3. The van der Waals surface area contributed by atoms with Crippen LogP contribution in [0, 0.1) is 37.6 Å². The van der Waals surface area contributed by atoms with Crippen molar-refractivity contribution in [2.75, 3.05) is 0 Å². The molecule has 1 aliphatic rings. The SMILES string of the molecule is Cc1c[c-]c2c(c1)C(C)(C)c1c-2ncc(C)c1F.Fc1cncc2oc3c(-c4ccccn4)[c-]ccc3c12.[Ir]. The van der Waals surface area contributed by atoms with Gasteiger partial charge in [0.25, 0.3) is 0 Å². The van der Waals surface area contributed by atoms with Gasteiger partial charge < -0.3 is 14.4 Å². The summed E-state index contributed by atoms with van der Waals surface area (Å²) < 4.78 is 34.1. The Labute approximate surface area is 238 Å². The van der Waals surface area contributed by atoms with Crippen molar-refractivity contribution in [3.05, 3.63) is 113 Å². The number of aromatic nitrogens is 3. The summed E-state index contributed by atoms with van der Waals surface area (Å²) in [6, 6.07) is 19.5. The van der Waals surface area contributed by atoms with E-state index in [0.29, 0.717) is 33.1 Å². The van der Waals surface area contributed by atoms with E-state index in [0.717, 1.165) is 33.6 Å². The number of fused-ring (bicyclic) bond motifs is 6. The fourth-order valence-corrected chi connectivity index (χ4v) is 5.13. The molecule has 0 unspecified atom stereocenters. The number of furan rings is 1. The van der Waals surface area contributed by atoms with E-state index >= 15 is 0 Å². The van der Waals surface area contributed by atoms with Crippen LogP contribution in [-0.2, 0) is 25.5 Å². The van der Waals surface area contributed by atoms with Gasteiger partial charge in [0.15, 0.2) is 5.82 Å². The second kappa shape index (κ2) is 10.1. The van der Waals surface area contributed by atoms with Gasteiger partial charge in [-0.15, -0.1) is 53.1 Å². The molecule has 7 heteroatoms. The minimum Gasteiger partial charge on any atom is -0.499 e. The van der Waals surface area contributed by atoms with Gasteiger partial charge in [0.2, 0.25) is 0 Å². The molecule has 4 aromatic heterocycles. The average Bonchev–Trinajstić information content (AvgIpc) is 3.40. The summed E-state index contributed by atoms with van der Waals surface area (Å²) in [5.74, 6) is -0.522. The van der Waals surface area contributed by atoms with E-state index in [1.807, 2.05) is 31.2 Å². The molecule has 0 N–H and O–H groups in total. The monoisotopic (exact) mass is 696 g/mol. The Morgan fingerprint density at radius 3 is 2.54 bits per heavy atom. The van der Waals surface area contributed by atoms with Crippen LogP contribution in [0.25, 0.3) is 44.5 Å². The van der Waals surface area contributed by atoms with E-state index in [9.17, 15) is 8.78 Å². The van der Waals surface area contributed by atoms with Gasteiger partial charge in [-0.3, -0.25) is 4.98 Å². The van der Waals surface area contributed by atoms with Crippen molar-refractivity contribution in [2.45, 2.75) is 33.1 Å². The van der Waals surface area contributed by atoms with Crippen molar-refractivity contribution < 1.29 is 33.3 Å². The number of nitrogens with zero attached hydrogens (tertiary/aromatic N) is 3. The number of benzene rings is 2. The van der Waals surface area contributed by atoms with Crippen LogP contribution >= 0.6 is 0 Å². The quantitative estimate of drug-likeness (QED) is 0.164. The first-order valence-corrected chi connectivity index (χ1v) is 12.2. The second-order valence-electron chi connectivity index (χ2n) is 9.98. The van der Waals surface area contributed by atoms with Crippen LogP contribution in [0.15, 0.2) is 71.7 Å². The molecule has 1 radical (unpaired) electrons. The number of halogens is 2. The zero-order valence-corrected chi connectivity index (χ0v) is 24.1. The number of hydrogen-bond acceptors (Lipinski definition) is 4. The van der Waals surface area contributed by atoms with Crippen molar-refractivity contribution in [3.8, 4) is 22.5 Å². The predicted molar refractivity (Wildman–Crippen MR) is 144 cm³/mol. The molecule has 2 aromatic carbocycles. The third-order valence-electron chi connectivity index (χ3n) is 7.03. The Morgan fingerprint density at radius 2 is 1.77 bits per heavy atom. The molecule has 1 aliphatic carbocycles. The molecule has 4 heterocycles. The Morgan fingerprint density at radius 1 is 0.949 bits per heavy atom. The van der Waals surface area contributed by atoms with Crippen LogP contribution in [0.3, 0.4) is 0 Å². The molecule has 39 heavy (non-hydrogen) atoms. The summed E-state index contributed by atoms with van der Waals surface area (Å²) in [6.07, 6.45) is 6.01. The molecule has 197 valence electrons. The van der Waals surface area contributed by atoms with Crippen molar-refractivity contribution in [2.24, 2.45) is 0 Å². The minimum absolute atomic E-state index is 0. The molecule has 6 aromatic rings. The Hall–Kier alpha value is -3.80. The van der Waals surface area contributed by atoms with Gasteiger partial charge in [-0.25, -0.2) is 8.78 Å². The summed E-state index contributed by atoms with van der Waals surface area (Å²) in [5.41, 5.74) is 7.40. The van der Waals surface area contributed by atoms with E-state index in [1.54, 1.807) is 31.5 Å². The van der Waals surface area contributed by atoms with Gasteiger partial charge >= 0.3 is 0 Å². The van der Waals surface area contributed by atoms with Crippen molar-refractivity contribution in [1.82, 2.24) is 15.0 Å². The summed E-state index contributed by atoms with van der Waals surface area (Å²) in [6.45, 7) is 7.89. The number of aryl methyl sites for hydroxylation is 2. The van der Waals surface area contributed by atoms with E-state index in [-0.39, 0.29) is 37.2 Å². The maximum Gasteiger partial charge on any atom is 0.151 e. The van der Waals surface area contributed by atoms with Gasteiger partial charge in [0.1, 0.15) is 11.4 Å². The molecule has 0 saturated heterocycles. The molecule has 0 atom stereocenters. The Kier molecular flexibility index (Phi) is 6.91.